The van der Waals surface area contributed by atoms with Gasteiger partial charge in [0.1, 0.15) is 5.82 Å². The lowest BCUT2D eigenvalue weighted by Crippen LogP contribution is -2.13. The van der Waals surface area contributed by atoms with Crippen molar-refractivity contribution in [3.8, 4) is 11.1 Å². The molecule has 3 nitrogen and oxygen atoms in total. The number of halogens is 1. The molecule has 0 fully saturated rings. The normalized spacial score (nSPS) is 13.3. The number of aromatic nitrogens is 1. The van der Waals surface area contributed by atoms with Gasteiger partial charge in [-0.3, -0.25) is 4.79 Å². The third-order valence-electron chi connectivity index (χ3n) is 4.76. The van der Waals surface area contributed by atoms with Gasteiger partial charge in [-0.1, -0.05) is 23.7 Å². The third-order valence-corrected chi connectivity index (χ3v) is 6.30. The van der Waals surface area contributed by atoms with Crippen molar-refractivity contribution in [1.82, 2.24) is 4.98 Å². The highest BCUT2D eigenvalue weighted by Crippen LogP contribution is 2.40. The number of benzene rings is 1. The Morgan fingerprint density at radius 2 is 1.96 bits per heavy atom. The Kier molecular flexibility index (Phi) is 4.79. The molecule has 0 atom stereocenters. The SMILES string of the molecule is Cc1sc2c(c1-c1ccc(NC(=O)c3ccccc3Cl)nc1)CCCC2. The molecule has 0 radical (unpaired) electrons. The number of pyridine rings is 1. The van der Waals surface area contributed by atoms with Crippen LogP contribution in [0.5, 0.6) is 0 Å². The van der Waals surface area contributed by atoms with E-state index in [-0.39, 0.29) is 5.91 Å². The number of hydrogen-bond acceptors (Lipinski definition) is 3. The molecule has 1 N–H and O–H groups in total. The standard InChI is InChI=1S/C21H19ClN2OS/c1-13-20(16-7-3-5-9-18(16)26-13)14-10-11-19(23-12-14)24-21(25)15-6-2-4-8-17(15)22/h2,4,6,8,10-12H,3,5,7,9H2,1H3,(H,23,24,25). The van der Waals surface area contributed by atoms with Crippen LogP contribution < -0.4 is 5.32 Å². The molecule has 0 spiro atoms. The topological polar surface area (TPSA) is 42.0 Å². The first-order chi connectivity index (χ1) is 12.6. The number of aryl methyl sites for hydroxylation is 2. The van der Waals surface area contributed by atoms with Gasteiger partial charge < -0.3 is 5.32 Å². The van der Waals surface area contributed by atoms with E-state index in [0.717, 1.165) is 12.0 Å². The molecule has 0 unspecified atom stereocenters. The van der Waals surface area contributed by atoms with Crippen molar-refractivity contribution in [2.75, 3.05) is 5.32 Å². The van der Waals surface area contributed by atoms with E-state index in [1.807, 2.05) is 29.7 Å². The van der Waals surface area contributed by atoms with Crippen molar-refractivity contribution < 1.29 is 4.79 Å². The summed E-state index contributed by atoms with van der Waals surface area (Å²) >= 11 is 8.00. The van der Waals surface area contributed by atoms with Crippen LogP contribution in [-0.4, -0.2) is 10.9 Å². The van der Waals surface area contributed by atoms with Gasteiger partial charge in [0, 0.05) is 27.1 Å². The zero-order valence-corrected chi connectivity index (χ0v) is 16.1. The summed E-state index contributed by atoms with van der Waals surface area (Å²) in [5.74, 6) is 0.278. The maximum Gasteiger partial charge on any atom is 0.258 e. The second-order valence-electron chi connectivity index (χ2n) is 6.51. The van der Waals surface area contributed by atoms with Gasteiger partial charge in [0.05, 0.1) is 10.6 Å². The van der Waals surface area contributed by atoms with Crippen LogP contribution in [0.1, 0.15) is 38.5 Å². The van der Waals surface area contributed by atoms with Crippen molar-refractivity contribution in [1.29, 1.82) is 0 Å². The molecule has 0 aliphatic heterocycles. The van der Waals surface area contributed by atoms with Crippen LogP contribution in [0.15, 0.2) is 42.6 Å². The summed E-state index contributed by atoms with van der Waals surface area (Å²) in [7, 11) is 0. The minimum absolute atomic E-state index is 0.250. The van der Waals surface area contributed by atoms with Crippen LogP contribution in [0.25, 0.3) is 11.1 Å². The average Bonchev–Trinajstić information content (AvgIpc) is 2.98. The first-order valence-corrected chi connectivity index (χ1v) is 9.96. The molecule has 1 aromatic carbocycles. The minimum Gasteiger partial charge on any atom is -0.307 e. The number of rotatable bonds is 3. The fourth-order valence-electron chi connectivity index (χ4n) is 3.53. The summed E-state index contributed by atoms with van der Waals surface area (Å²) in [5.41, 5.74) is 4.40. The number of nitrogens with zero attached hydrogens (tertiary/aromatic N) is 1. The fraction of sp³-hybridized carbons (Fsp3) is 0.238. The molecule has 5 heteroatoms. The van der Waals surface area contributed by atoms with E-state index in [2.05, 4.69) is 17.2 Å². The Hall–Kier alpha value is -2.17. The zero-order chi connectivity index (χ0) is 18.1. The van der Waals surface area contributed by atoms with Gasteiger partial charge >= 0.3 is 0 Å². The summed E-state index contributed by atoms with van der Waals surface area (Å²) in [6.45, 7) is 2.19. The second kappa shape index (κ2) is 7.22. The Morgan fingerprint density at radius 3 is 2.73 bits per heavy atom. The molecule has 2 heterocycles. The summed E-state index contributed by atoms with van der Waals surface area (Å²) in [5, 5.41) is 3.25. The van der Waals surface area contributed by atoms with E-state index in [9.17, 15) is 4.79 Å². The Balaban J connectivity index is 1.57. The van der Waals surface area contributed by atoms with E-state index >= 15 is 0 Å². The van der Waals surface area contributed by atoms with Crippen LogP contribution >= 0.6 is 22.9 Å². The van der Waals surface area contributed by atoms with Crippen molar-refractivity contribution in [3.63, 3.8) is 0 Å². The van der Waals surface area contributed by atoms with Crippen LogP contribution in [0.4, 0.5) is 5.82 Å². The van der Waals surface area contributed by atoms with Gasteiger partial charge in [0.15, 0.2) is 0 Å². The van der Waals surface area contributed by atoms with Crippen LogP contribution in [0.2, 0.25) is 5.02 Å². The predicted octanol–water partition coefficient (Wildman–Crippen LogP) is 5.90. The molecule has 4 rings (SSSR count). The highest BCUT2D eigenvalue weighted by atomic mass is 35.5. The van der Waals surface area contributed by atoms with Gasteiger partial charge in [-0.15, -0.1) is 11.3 Å². The van der Waals surface area contributed by atoms with E-state index < -0.39 is 0 Å². The molecule has 26 heavy (non-hydrogen) atoms. The maximum atomic E-state index is 12.4. The Bertz CT molecular complexity index is 963. The average molecular weight is 383 g/mol. The van der Waals surface area contributed by atoms with Gasteiger partial charge in [0.2, 0.25) is 0 Å². The van der Waals surface area contributed by atoms with Crippen molar-refractivity contribution in [3.05, 3.63) is 68.5 Å². The highest BCUT2D eigenvalue weighted by molar-refractivity contribution is 7.12. The van der Waals surface area contributed by atoms with Crippen LogP contribution in [-0.2, 0) is 12.8 Å². The summed E-state index contributed by atoms with van der Waals surface area (Å²) in [4.78, 5) is 19.7. The molecular weight excluding hydrogens is 364 g/mol. The molecule has 1 aliphatic carbocycles. The van der Waals surface area contributed by atoms with Crippen molar-refractivity contribution in [2.45, 2.75) is 32.6 Å². The summed E-state index contributed by atoms with van der Waals surface area (Å²) in [6, 6.07) is 10.9. The molecule has 0 bridgehead atoms. The first kappa shape index (κ1) is 17.3. The first-order valence-electron chi connectivity index (χ1n) is 8.77. The number of carbonyl (C=O) groups excluding carboxylic acids is 1. The maximum absolute atomic E-state index is 12.4. The highest BCUT2D eigenvalue weighted by Gasteiger charge is 2.20. The summed E-state index contributed by atoms with van der Waals surface area (Å²) < 4.78 is 0. The Morgan fingerprint density at radius 1 is 1.15 bits per heavy atom. The quantitative estimate of drug-likeness (QED) is 0.612. The van der Waals surface area contributed by atoms with E-state index in [1.165, 1.54) is 40.1 Å². The lowest BCUT2D eigenvalue weighted by Gasteiger charge is -2.13. The molecule has 1 amide bonds. The van der Waals surface area contributed by atoms with Gasteiger partial charge in [0.25, 0.3) is 5.91 Å². The number of fused-ring (bicyclic) bond motifs is 1. The number of nitrogens with one attached hydrogen (secondary N) is 1. The fourth-order valence-corrected chi connectivity index (χ4v) is 5.03. The van der Waals surface area contributed by atoms with Gasteiger partial charge in [-0.2, -0.15) is 0 Å². The van der Waals surface area contributed by atoms with Crippen LogP contribution in [0, 0.1) is 6.92 Å². The van der Waals surface area contributed by atoms with Gasteiger partial charge in [-0.25, -0.2) is 4.98 Å². The van der Waals surface area contributed by atoms with E-state index in [4.69, 9.17) is 11.6 Å². The monoisotopic (exact) mass is 382 g/mol. The number of hydrogen-bond donors (Lipinski definition) is 1. The molecule has 0 saturated heterocycles. The molecular formula is C21H19ClN2OS. The van der Waals surface area contributed by atoms with Crippen molar-refractivity contribution in [2.24, 2.45) is 0 Å². The number of thiophene rings is 1. The van der Waals surface area contributed by atoms with Crippen molar-refractivity contribution >= 4 is 34.7 Å². The number of amides is 1. The zero-order valence-electron chi connectivity index (χ0n) is 14.5. The van der Waals surface area contributed by atoms with Crippen LogP contribution in [0.3, 0.4) is 0 Å². The second-order valence-corrected chi connectivity index (χ2v) is 8.22. The lowest BCUT2D eigenvalue weighted by atomic mass is 9.92. The number of anilines is 1. The summed E-state index contributed by atoms with van der Waals surface area (Å²) in [6.07, 6.45) is 6.75. The van der Waals surface area contributed by atoms with E-state index in [1.54, 1.807) is 24.3 Å². The smallest absolute Gasteiger partial charge is 0.258 e. The predicted molar refractivity (Wildman–Crippen MR) is 108 cm³/mol. The minimum atomic E-state index is -0.250. The number of carbonyl (C=O) groups is 1. The molecule has 1 aliphatic rings. The Labute approximate surface area is 162 Å². The molecule has 3 aromatic rings. The lowest BCUT2D eigenvalue weighted by molar-refractivity contribution is 0.102. The largest absolute Gasteiger partial charge is 0.307 e. The van der Waals surface area contributed by atoms with E-state index in [0.29, 0.717) is 16.4 Å². The molecule has 132 valence electrons. The third kappa shape index (κ3) is 3.27. The van der Waals surface area contributed by atoms with Gasteiger partial charge in [-0.05, 0) is 62.4 Å². The molecule has 2 aromatic heterocycles. The molecule has 0 saturated carbocycles.